The van der Waals surface area contributed by atoms with Crippen molar-refractivity contribution in [1.82, 2.24) is 0 Å². The Morgan fingerprint density at radius 2 is 1.38 bits per heavy atom. The van der Waals surface area contributed by atoms with Gasteiger partial charge in [-0.3, -0.25) is 4.79 Å². The molecule has 34 heavy (non-hydrogen) atoms. The summed E-state index contributed by atoms with van der Waals surface area (Å²) in [5, 5.41) is 0. The van der Waals surface area contributed by atoms with E-state index in [1.807, 2.05) is 0 Å². The summed E-state index contributed by atoms with van der Waals surface area (Å²) in [6, 6.07) is -0.195. The van der Waals surface area contributed by atoms with E-state index in [1.54, 1.807) is 0 Å². The highest BCUT2D eigenvalue weighted by atomic mass is 31.3. The minimum absolute atomic E-state index is 0.0335. The van der Waals surface area contributed by atoms with Crippen molar-refractivity contribution in [2.75, 3.05) is 6.61 Å². The highest BCUT2D eigenvalue weighted by Crippen LogP contribution is 2.18. The molecule has 200 valence electrons. The van der Waals surface area contributed by atoms with Gasteiger partial charge in [0.15, 0.2) is 0 Å². The Morgan fingerprint density at radius 3 is 1.94 bits per heavy atom. The second-order valence-electron chi connectivity index (χ2n) is 9.97. The molecule has 4 atom stereocenters. The van der Waals surface area contributed by atoms with Crippen molar-refractivity contribution in [2.45, 2.75) is 161 Å². The molecule has 0 aromatic rings. The van der Waals surface area contributed by atoms with E-state index in [0.29, 0.717) is 6.42 Å². The van der Waals surface area contributed by atoms with E-state index in [4.69, 9.17) is 24.8 Å². The van der Waals surface area contributed by atoms with Crippen LogP contribution < -0.4 is 5.73 Å². The maximum absolute atomic E-state index is 12.5. The predicted octanol–water partition coefficient (Wildman–Crippen LogP) is 7.23. The fourth-order valence-electron chi connectivity index (χ4n) is 4.30. The number of unbranched alkanes of at least 4 members (excludes halogenated alkanes) is 14. The second kappa shape index (κ2) is 26.2. The molecule has 4 nitrogen and oxygen atoms in total. The molecule has 0 saturated carbocycles. The number of hydrogen-bond donors (Lipinski definition) is 1. The van der Waals surface area contributed by atoms with Crippen LogP contribution in [0.5, 0.6) is 0 Å². The minimum Gasteiger partial charge on any atom is -0.462 e. The van der Waals surface area contributed by atoms with Gasteiger partial charge in [0.2, 0.25) is 0 Å². The molecule has 0 aromatic heterocycles. The third kappa shape index (κ3) is 25.2. The van der Waals surface area contributed by atoms with Crippen LogP contribution in [-0.4, -0.2) is 43.2 Å². The minimum atomic E-state index is -3.09. The molecule has 0 spiro atoms. The Bertz CT molecular complexity index is 510. The van der Waals surface area contributed by atoms with Gasteiger partial charge >= 0.3 is 5.97 Å². The average molecular weight is 517 g/mol. The standard InChI is InChI=1S/C27H57BNO3PSi/c1-3-5-7-9-11-12-13-14-16-18-23-27(30)32-26(21-17-15-10-8-6-4-2)22-19-20-25(29)24-31-34(28)33/h25-26,34H,3-24,29,33H2,1-2H3/t25-,26?,34?/m1/s1/i33T,34D/t25-,26?,33?,34?. The number of hydrogen-bond acceptors (Lipinski definition) is 4. The molecule has 0 saturated heterocycles. The first kappa shape index (κ1) is 30.3. The number of carbonyl (C=O) groups is 1. The van der Waals surface area contributed by atoms with Crippen molar-refractivity contribution in [2.24, 2.45) is 5.73 Å². The highest BCUT2D eigenvalue weighted by Gasteiger charge is 2.15. The molecule has 0 amide bonds. The van der Waals surface area contributed by atoms with Crippen LogP contribution in [0.1, 0.15) is 149 Å². The van der Waals surface area contributed by atoms with E-state index in [0.717, 1.165) is 44.9 Å². The van der Waals surface area contributed by atoms with Crippen molar-refractivity contribution in [3.8, 4) is 0 Å². The zero-order chi connectivity index (χ0) is 26.9. The van der Waals surface area contributed by atoms with E-state index in [9.17, 15) is 4.79 Å². The molecular weight excluding hydrogens is 456 g/mol. The molecule has 3 unspecified atom stereocenters. The Hall–Kier alpha value is 0.102. The topological polar surface area (TPSA) is 61.6 Å². The Balaban J connectivity index is 4.19. The van der Waals surface area contributed by atoms with Crippen LogP contribution in [-0.2, 0) is 14.0 Å². The molecule has 2 N–H and O–H groups in total. The zero-order valence-electron chi connectivity index (χ0n) is 24.6. The summed E-state index contributed by atoms with van der Waals surface area (Å²) in [6.45, 7) is 4.72. The lowest BCUT2D eigenvalue weighted by Crippen LogP contribution is -2.29. The van der Waals surface area contributed by atoms with Gasteiger partial charge in [0.05, 0.1) is 8.72 Å². The molecule has 0 fully saturated rings. The van der Waals surface area contributed by atoms with Gasteiger partial charge in [0, 0.05) is 20.3 Å². The molecular formula is C27H57BNO3PSi. The fourth-order valence-corrected chi connectivity index (χ4v) is 4.95. The molecule has 2 radical (unpaired) electrons. The predicted molar refractivity (Wildman–Crippen MR) is 155 cm³/mol. The van der Waals surface area contributed by atoms with Crippen LogP contribution in [0, 0.1) is 0 Å². The van der Waals surface area contributed by atoms with Crippen LogP contribution in [0.25, 0.3) is 0 Å². The number of esters is 1. The van der Waals surface area contributed by atoms with Crippen molar-refractivity contribution >= 4 is 30.7 Å². The normalized spacial score (nSPS) is 16.2. The molecule has 0 aromatic carbocycles. The van der Waals surface area contributed by atoms with Gasteiger partial charge in [-0.25, -0.2) is 0 Å². The Labute approximate surface area is 220 Å². The van der Waals surface area contributed by atoms with Crippen molar-refractivity contribution in [3.05, 3.63) is 0 Å². The lowest BCUT2D eigenvalue weighted by atomic mass is 10.0. The van der Waals surface area contributed by atoms with Gasteiger partial charge in [0.1, 0.15) is 14.6 Å². The molecule has 0 aliphatic rings. The molecule has 0 aliphatic carbocycles. The number of ether oxygens (including phenoxy) is 1. The van der Waals surface area contributed by atoms with Gasteiger partial charge in [-0.2, -0.15) is 0 Å². The summed E-state index contributed by atoms with van der Waals surface area (Å²) in [5.74, 6) is -0.0530. The second-order valence-corrected chi connectivity index (χ2v) is 12.5. The van der Waals surface area contributed by atoms with Crippen molar-refractivity contribution in [3.63, 3.8) is 0 Å². The summed E-state index contributed by atoms with van der Waals surface area (Å²) in [7, 11) is 2.17. The fraction of sp³-hybridized carbons (Fsp3) is 0.963. The van der Waals surface area contributed by atoms with Crippen LogP contribution in [0.4, 0.5) is 0 Å². The quantitative estimate of drug-likeness (QED) is 0.0541. The lowest BCUT2D eigenvalue weighted by molar-refractivity contribution is -0.150. The maximum Gasteiger partial charge on any atom is 0.306 e. The summed E-state index contributed by atoms with van der Waals surface area (Å²) in [5.41, 5.74) is 6.13. The summed E-state index contributed by atoms with van der Waals surface area (Å²) < 4.78 is 26.3. The van der Waals surface area contributed by atoms with E-state index in [1.165, 1.54) is 83.5 Å². The smallest absolute Gasteiger partial charge is 0.306 e. The number of nitrogens with two attached hydrogens (primary N) is 1. The van der Waals surface area contributed by atoms with Gasteiger partial charge < -0.3 is 14.9 Å². The third-order valence-corrected chi connectivity index (χ3v) is 7.38. The van der Waals surface area contributed by atoms with E-state index in [2.05, 4.69) is 13.8 Å². The van der Waals surface area contributed by atoms with Crippen molar-refractivity contribution in [1.29, 1.82) is 2.51 Å². The molecule has 0 aliphatic heterocycles. The summed E-state index contributed by atoms with van der Waals surface area (Å²) in [4.78, 5) is 12.5. The van der Waals surface area contributed by atoms with Crippen LogP contribution in [0.3, 0.4) is 0 Å². The highest BCUT2D eigenvalue weighted by molar-refractivity contribution is 7.70. The average Bonchev–Trinajstić information content (AvgIpc) is 2.86. The van der Waals surface area contributed by atoms with Crippen molar-refractivity contribution < 1.29 is 14.0 Å². The van der Waals surface area contributed by atoms with Gasteiger partial charge in [-0.15, -0.1) is 8.73 Å². The maximum atomic E-state index is 12.5. The van der Waals surface area contributed by atoms with E-state index < -0.39 is 17.2 Å². The molecule has 0 rings (SSSR count). The van der Waals surface area contributed by atoms with Crippen LogP contribution >= 0.6 is 8.73 Å². The number of carbonyl (C=O) groups excluding carboxylic acids is 1. The number of rotatable bonds is 27. The first-order valence-corrected chi connectivity index (χ1v) is 17.4. The van der Waals surface area contributed by atoms with Gasteiger partial charge in [-0.05, 0) is 38.5 Å². The van der Waals surface area contributed by atoms with Gasteiger partial charge in [-0.1, -0.05) is 104 Å². The monoisotopic (exact) mass is 516 g/mol. The van der Waals surface area contributed by atoms with E-state index >= 15 is 0 Å². The lowest BCUT2D eigenvalue weighted by Gasteiger charge is -2.20. The zero-order valence-corrected chi connectivity index (χ0v) is 24.6. The summed E-state index contributed by atoms with van der Waals surface area (Å²) >= 11 is 0. The first-order chi connectivity index (χ1) is 17.3. The Morgan fingerprint density at radius 1 is 0.882 bits per heavy atom. The molecule has 0 bridgehead atoms. The SMILES string of the molecule is [2H][Si]([B])(OC[C@H](N)CCCC(CCCCCCCC)OC(=O)CCCCCCCCCCCC)P[3H]. The molecule has 7 heteroatoms. The first-order valence-electron chi connectivity index (χ1n) is 15.4. The molecule has 0 heterocycles. The third-order valence-electron chi connectivity index (χ3n) is 6.47. The summed E-state index contributed by atoms with van der Waals surface area (Å²) in [6.07, 6.45) is 23.8. The van der Waals surface area contributed by atoms with Crippen LogP contribution in [0.2, 0.25) is 0 Å². The van der Waals surface area contributed by atoms with Gasteiger partial charge in [0.25, 0.3) is 0 Å². The van der Waals surface area contributed by atoms with E-state index in [-0.39, 0.29) is 24.7 Å². The largest absolute Gasteiger partial charge is 0.462 e. The Kier molecular flexibility index (Phi) is 23.3. The van der Waals surface area contributed by atoms with Crippen LogP contribution in [0.15, 0.2) is 0 Å².